The molecule has 12 heavy (non-hydrogen) atoms. The van der Waals surface area contributed by atoms with Gasteiger partial charge in [-0.1, -0.05) is 0 Å². The minimum Gasteiger partial charge on any atom is -0.660 e. The first-order valence-corrected chi connectivity index (χ1v) is 3.93. The van der Waals surface area contributed by atoms with E-state index in [-0.39, 0.29) is 39.1 Å². The van der Waals surface area contributed by atoms with Crippen LogP contribution in [0, 0.1) is 0 Å². The quantitative estimate of drug-likeness (QED) is 0.740. The van der Waals surface area contributed by atoms with E-state index in [1.165, 1.54) is 0 Å². The Kier molecular flexibility index (Phi) is 7.84. The zero-order valence-electron chi connectivity index (χ0n) is 7.05. The van der Waals surface area contributed by atoms with Crippen molar-refractivity contribution in [3.05, 3.63) is 5.32 Å². The fourth-order valence-corrected chi connectivity index (χ4v) is 1.15. The predicted molar refractivity (Wildman–Crippen MR) is 40.2 cm³/mol. The van der Waals surface area contributed by atoms with Crippen LogP contribution in [0.3, 0.4) is 0 Å². The summed E-state index contributed by atoms with van der Waals surface area (Å²) >= 11 is 0. The zero-order valence-corrected chi connectivity index (χ0v) is 9.89. The van der Waals surface area contributed by atoms with Crippen molar-refractivity contribution in [3.63, 3.8) is 0 Å². The number of halogens is 2. The molecule has 1 fully saturated rings. The molecule has 5 heteroatoms. The Morgan fingerprint density at radius 3 is 2.33 bits per heavy atom. The van der Waals surface area contributed by atoms with Gasteiger partial charge in [0.1, 0.15) is 0 Å². The van der Waals surface area contributed by atoms with Crippen molar-refractivity contribution in [2.24, 2.45) is 0 Å². The summed E-state index contributed by atoms with van der Waals surface area (Å²) in [6.07, 6.45) is -2.16. The topological polar surface area (TPSA) is 17.3 Å². The maximum atomic E-state index is 11.7. The molecule has 0 aromatic carbocycles. The molecule has 0 atom stereocenters. The second-order valence-corrected chi connectivity index (χ2v) is 2.69. The van der Waals surface area contributed by atoms with E-state index in [0.717, 1.165) is 26.2 Å². The van der Waals surface area contributed by atoms with Crippen molar-refractivity contribution in [1.29, 1.82) is 0 Å². The molecular weight excluding hydrogens is 239 g/mol. The summed E-state index contributed by atoms with van der Waals surface area (Å²) in [5.74, 6) is 0. The first kappa shape index (κ1) is 12.9. The van der Waals surface area contributed by atoms with Gasteiger partial charge in [0.05, 0.1) is 0 Å². The van der Waals surface area contributed by atoms with Crippen molar-refractivity contribution < 1.29 is 41.5 Å². The molecule has 1 aliphatic rings. The Labute approximate surface area is 96.9 Å². The van der Waals surface area contributed by atoms with Gasteiger partial charge in [-0.2, -0.15) is 0 Å². The standard InChI is InChI=1S/C7H13F2N2.Y/c8-7(9)1-4-11-5-2-10-3-6-11;/h7H,1-6H2;/q-1;+3. The third-order valence-electron chi connectivity index (χ3n) is 1.81. The molecule has 0 spiro atoms. The molecule has 0 aromatic heterocycles. The molecule has 0 saturated carbocycles. The maximum Gasteiger partial charge on any atom is 3.00 e. The molecular formula is C7H13F2N2Y+2. The number of nitrogens with zero attached hydrogens (tertiary/aromatic N) is 2. The van der Waals surface area contributed by atoms with Crippen molar-refractivity contribution in [2.45, 2.75) is 12.8 Å². The molecule has 1 saturated heterocycles. The average molecular weight is 252 g/mol. The van der Waals surface area contributed by atoms with E-state index in [2.05, 4.69) is 5.32 Å². The second-order valence-electron chi connectivity index (χ2n) is 2.69. The summed E-state index contributed by atoms with van der Waals surface area (Å²) in [5, 5.41) is 4.13. The third-order valence-corrected chi connectivity index (χ3v) is 1.81. The van der Waals surface area contributed by atoms with Crippen LogP contribution in [-0.2, 0) is 32.7 Å². The molecule has 0 radical (unpaired) electrons. The molecule has 0 bridgehead atoms. The first-order valence-electron chi connectivity index (χ1n) is 3.93. The molecule has 0 unspecified atom stereocenters. The maximum absolute atomic E-state index is 11.7. The van der Waals surface area contributed by atoms with Crippen LogP contribution in [0.25, 0.3) is 5.32 Å². The summed E-state index contributed by atoms with van der Waals surface area (Å²) < 4.78 is 23.5. The van der Waals surface area contributed by atoms with Crippen LogP contribution in [0.1, 0.15) is 6.42 Å². The summed E-state index contributed by atoms with van der Waals surface area (Å²) in [5.41, 5.74) is 0. The zero-order chi connectivity index (χ0) is 8.10. The SMILES string of the molecule is FC(F)CCN1CC[N-]CC1.[Y+3]. The van der Waals surface area contributed by atoms with E-state index in [1.807, 2.05) is 4.90 Å². The van der Waals surface area contributed by atoms with Crippen LogP contribution >= 0.6 is 0 Å². The number of piperazine rings is 1. The van der Waals surface area contributed by atoms with Gasteiger partial charge in [0.2, 0.25) is 6.43 Å². The minimum absolute atomic E-state index is 0. The summed E-state index contributed by atoms with van der Waals surface area (Å²) in [6.45, 7) is 3.85. The number of rotatable bonds is 3. The van der Waals surface area contributed by atoms with Gasteiger partial charge in [-0.15, -0.1) is 13.1 Å². The molecule has 0 N–H and O–H groups in total. The van der Waals surface area contributed by atoms with Crippen LogP contribution in [0.4, 0.5) is 8.78 Å². The van der Waals surface area contributed by atoms with Crippen LogP contribution < -0.4 is 0 Å². The van der Waals surface area contributed by atoms with Gasteiger partial charge in [-0.05, 0) is 13.1 Å². The molecule has 2 nitrogen and oxygen atoms in total. The Morgan fingerprint density at radius 1 is 1.25 bits per heavy atom. The normalized spacial score (nSPS) is 19.2. The third kappa shape index (κ3) is 5.52. The van der Waals surface area contributed by atoms with Crippen LogP contribution in [0.2, 0.25) is 0 Å². The van der Waals surface area contributed by atoms with Gasteiger partial charge in [0, 0.05) is 13.0 Å². The smallest absolute Gasteiger partial charge is 0.660 e. The number of alkyl halides is 2. The number of hydrogen-bond acceptors (Lipinski definition) is 1. The van der Waals surface area contributed by atoms with E-state index in [9.17, 15) is 8.78 Å². The molecule has 66 valence electrons. The van der Waals surface area contributed by atoms with Gasteiger partial charge in [-0.25, -0.2) is 8.78 Å². The summed E-state index contributed by atoms with van der Waals surface area (Å²) in [6, 6.07) is 0. The van der Waals surface area contributed by atoms with E-state index in [0.29, 0.717) is 6.54 Å². The second kappa shape index (κ2) is 7.30. The Balaban J connectivity index is 0.00000121. The van der Waals surface area contributed by atoms with Crippen molar-refractivity contribution in [3.8, 4) is 0 Å². The van der Waals surface area contributed by atoms with Crippen LogP contribution in [-0.4, -0.2) is 44.0 Å². The number of hydrogen-bond donors (Lipinski definition) is 0. The van der Waals surface area contributed by atoms with Crippen LogP contribution in [0.5, 0.6) is 0 Å². The monoisotopic (exact) mass is 252 g/mol. The van der Waals surface area contributed by atoms with Gasteiger partial charge < -0.3 is 10.2 Å². The first-order chi connectivity index (χ1) is 5.29. The molecule has 0 amide bonds. The average Bonchev–Trinajstić information content (AvgIpc) is 2.03. The van der Waals surface area contributed by atoms with E-state index >= 15 is 0 Å². The predicted octanol–water partition coefficient (Wildman–Crippen LogP) is 1.33. The Morgan fingerprint density at radius 2 is 1.83 bits per heavy atom. The molecule has 1 aliphatic heterocycles. The van der Waals surface area contributed by atoms with E-state index in [4.69, 9.17) is 0 Å². The van der Waals surface area contributed by atoms with Gasteiger partial charge >= 0.3 is 32.7 Å². The van der Waals surface area contributed by atoms with Crippen molar-refractivity contribution >= 4 is 0 Å². The van der Waals surface area contributed by atoms with Gasteiger partial charge in [0.25, 0.3) is 0 Å². The van der Waals surface area contributed by atoms with E-state index < -0.39 is 6.43 Å². The molecule has 1 heterocycles. The molecule has 1 rings (SSSR count). The van der Waals surface area contributed by atoms with Gasteiger partial charge in [0.15, 0.2) is 0 Å². The van der Waals surface area contributed by atoms with E-state index in [1.54, 1.807) is 0 Å². The van der Waals surface area contributed by atoms with Crippen molar-refractivity contribution in [2.75, 3.05) is 32.7 Å². The van der Waals surface area contributed by atoms with Gasteiger partial charge in [-0.3, -0.25) is 0 Å². The molecule has 0 aromatic rings. The minimum atomic E-state index is -2.16. The fraction of sp³-hybridized carbons (Fsp3) is 1.00. The summed E-state index contributed by atoms with van der Waals surface area (Å²) in [4.78, 5) is 2.04. The molecule has 0 aliphatic carbocycles. The Hall–Kier alpha value is 0.884. The van der Waals surface area contributed by atoms with Crippen LogP contribution in [0.15, 0.2) is 0 Å². The summed E-state index contributed by atoms with van der Waals surface area (Å²) in [7, 11) is 0. The van der Waals surface area contributed by atoms with Crippen molar-refractivity contribution in [1.82, 2.24) is 4.90 Å². The fourth-order valence-electron chi connectivity index (χ4n) is 1.15. The Bertz CT molecular complexity index is 108. The largest absolute Gasteiger partial charge is 3.00 e.